The molecule has 1 N–H and O–H groups in total. The van der Waals surface area contributed by atoms with Crippen molar-refractivity contribution in [3.8, 4) is 11.5 Å². The Hall–Kier alpha value is -2.75. The van der Waals surface area contributed by atoms with Gasteiger partial charge in [0.25, 0.3) is 10.0 Å². The van der Waals surface area contributed by atoms with Crippen LogP contribution >= 0.6 is 11.6 Å². The minimum Gasteiger partial charge on any atom is -0.497 e. The number of methoxy groups -OCH3 is 1. The first-order valence-electron chi connectivity index (χ1n) is 9.00. The molecule has 0 aliphatic carbocycles. The summed E-state index contributed by atoms with van der Waals surface area (Å²) in [5.41, 5.74) is 1.24. The number of anilines is 1. The van der Waals surface area contributed by atoms with E-state index in [0.717, 1.165) is 0 Å². The van der Waals surface area contributed by atoms with Crippen LogP contribution in [0.1, 0.15) is 11.1 Å². The Balaban J connectivity index is 1.87. The van der Waals surface area contributed by atoms with Crippen LogP contribution in [-0.4, -0.2) is 23.9 Å². The third-order valence-corrected chi connectivity index (χ3v) is 7.32. The molecule has 0 atom stereocenters. The van der Waals surface area contributed by atoms with Gasteiger partial charge in [-0.05, 0) is 85.6 Å². The number of aryl methyl sites for hydroxylation is 2. The zero-order chi connectivity index (χ0) is 22.8. The van der Waals surface area contributed by atoms with Crippen LogP contribution in [0.15, 0.2) is 70.5 Å². The van der Waals surface area contributed by atoms with E-state index < -0.39 is 20.1 Å². The average Bonchev–Trinajstić information content (AvgIpc) is 2.71. The molecule has 3 rings (SSSR count). The Labute approximate surface area is 186 Å². The lowest BCUT2D eigenvalue weighted by molar-refractivity contribution is 0.414. The zero-order valence-corrected chi connectivity index (χ0v) is 19.3. The quantitative estimate of drug-likeness (QED) is 0.497. The van der Waals surface area contributed by atoms with E-state index in [0.29, 0.717) is 27.6 Å². The number of hydrogen-bond acceptors (Lipinski definition) is 6. The Morgan fingerprint density at radius 3 is 1.97 bits per heavy atom. The fourth-order valence-electron chi connectivity index (χ4n) is 2.72. The van der Waals surface area contributed by atoms with Crippen LogP contribution in [0.2, 0.25) is 5.02 Å². The third-order valence-electron chi connectivity index (χ3n) is 4.44. The van der Waals surface area contributed by atoms with Crippen LogP contribution in [0, 0.1) is 13.8 Å². The molecule has 0 aliphatic rings. The van der Waals surface area contributed by atoms with Crippen molar-refractivity contribution in [2.24, 2.45) is 0 Å². The molecular formula is C21H20ClNO6S2. The van der Waals surface area contributed by atoms with Crippen molar-refractivity contribution in [3.63, 3.8) is 0 Å². The normalized spacial score (nSPS) is 11.7. The smallest absolute Gasteiger partial charge is 0.339 e. The Morgan fingerprint density at radius 1 is 0.806 bits per heavy atom. The van der Waals surface area contributed by atoms with E-state index in [1.807, 2.05) is 0 Å². The van der Waals surface area contributed by atoms with Gasteiger partial charge < -0.3 is 8.92 Å². The number of benzene rings is 3. The second-order valence-electron chi connectivity index (χ2n) is 6.71. The first-order chi connectivity index (χ1) is 14.5. The number of rotatable bonds is 7. The van der Waals surface area contributed by atoms with Crippen LogP contribution in [0.25, 0.3) is 0 Å². The second kappa shape index (κ2) is 8.78. The summed E-state index contributed by atoms with van der Waals surface area (Å²) >= 11 is 5.80. The first kappa shape index (κ1) is 22.9. The average molecular weight is 482 g/mol. The Morgan fingerprint density at radius 2 is 1.39 bits per heavy atom. The van der Waals surface area contributed by atoms with Crippen LogP contribution < -0.4 is 13.6 Å². The van der Waals surface area contributed by atoms with E-state index in [4.69, 9.17) is 20.5 Å². The van der Waals surface area contributed by atoms with Crippen molar-refractivity contribution >= 4 is 37.4 Å². The maximum absolute atomic E-state index is 12.7. The first-order valence-corrected chi connectivity index (χ1v) is 12.3. The second-order valence-corrected chi connectivity index (χ2v) is 10.4. The van der Waals surface area contributed by atoms with E-state index in [1.165, 1.54) is 55.6 Å². The van der Waals surface area contributed by atoms with Gasteiger partial charge in [0.2, 0.25) is 0 Å². The van der Waals surface area contributed by atoms with E-state index in [1.54, 1.807) is 26.0 Å². The molecule has 0 spiro atoms. The number of hydrogen-bond donors (Lipinski definition) is 1. The number of ether oxygens (including phenoxy) is 1. The monoisotopic (exact) mass is 481 g/mol. The standard InChI is InChI=1S/C21H20ClNO6S2/c1-14-13-21(29-31(26,27)19-8-4-16(22)5-9-19)15(2)12-20(14)23-30(24,25)18-10-6-17(28-3)7-11-18/h4-13,23H,1-3H3. The topological polar surface area (TPSA) is 98.8 Å². The summed E-state index contributed by atoms with van der Waals surface area (Å²) in [6.07, 6.45) is 0. The van der Waals surface area contributed by atoms with Crippen LogP contribution in [0.3, 0.4) is 0 Å². The number of halogens is 1. The van der Waals surface area contributed by atoms with Crippen molar-refractivity contribution in [1.82, 2.24) is 0 Å². The fraction of sp³-hybridized carbons (Fsp3) is 0.143. The largest absolute Gasteiger partial charge is 0.497 e. The van der Waals surface area contributed by atoms with Gasteiger partial charge in [-0.1, -0.05) is 11.6 Å². The van der Waals surface area contributed by atoms with Crippen molar-refractivity contribution < 1.29 is 25.8 Å². The molecule has 0 radical (unpaired) electrons. The Bertz CT molecular complexity index is 1300. The molecule has 3 aromatic carbocycles. The molecule has 0 amide bonds. The van der Waals surface area contributed by atoms with Gasteiger partial charge in [-0.3, -0.25) is 4.72 Å². The minimum atomic E-state index is -4.08. The highest BCUT2D eigenvalue weighted by Gasteiger charge is 2.20. The van der Waals surface area contributed by atoms with Crippen LogP contribution in [0.5, 0.6) is 11.5 Å². The van der Waals surface area contributed by atoms with Crippen LogP contribution in [-0.2, 0) is 20.1 Å². The van der Waals surface area contributed by atoms with E-state index in [2.05, 4.69) is 4.72 Å². The predicted molar refractivity (Wildman–Crippen MR) is 119 cm³/mol. The van der Waals surface area contributed by atoms with Gasteiger partial charge in [-0.2, -0.15) is 8.42 Å². The fourth-order valence-corrected chi connectivity index (χ4v) is 4.94. The van der Waals surface area contributed by atoms with E-state index in [9.17, 15) is 16.8 Å². The Kier molecular flexibility index (Phi) is 6.49. The van der Waals surface area contributed by atoms with Crippen molar-refractivity contribution in [2.45, 2.75) is 23.6 Å². The molecular weight excluding hydrogens is 462 g/mol. The summed E-state index contributed by atoms with van der Waals surface area (Å²) in [6.45, 7) is 3.27. The molecule has 0 saturated heterocycles. The lowest BCUT2D eigenvalue weighted by Gasteiger charge is -2.15. The SMILES string of the molecule is COc1ccc(S(=O)(=O)Nc2cc(C)c(OS(=O)(=O)c3ccc(Cl)cc3)cc2C)cc1. The van der Waals surface area contributed by atoms with Gasteiger partial charge >= 0.3 is 10.1 Å². The van der Waals surface area contributed by atoms with Gasteiger partial charge in [0.1, 0.15) is 16.4 Å². The molecule has 0 bridgehead atoms. The molecule has 0 aliphatic heterocycles. The third kappa shape index (κ3) is 5.30. The van der Waals surface area contributed by atoms with Gasteiger partial charge in [-0.15, -0.1) is 0 Å². The van der Waals surface area contributed by atoms with Crippen molar-refractivity contribution in [2.75, 3.05) is 11.8 Å². The molecule has 0 fully saturated rings. The summed E-state index contributed by atoms with van der Waals surface area (Å²) in [4.78, 5) is 0.0224. The molecule has 3 aromatic rings. The highest BCUT2D eigenvalue weighted by Crippen LogP contribution is 2.30. The highest BCUT2D eigenvalue weighted by molar-refractivity contribution is 7.92. The van der Waals surface area contributed by atoms with E-state index >= 15 is 0 Å². The molecule has 7 nitrogen and oxygen atoms in total. The highest BCUT2D eigenvalue weighted by atomic mass is 35.5. The predicted octanol–water partition coefficient (Wildman–Crippen LogP) is 4.53. The minimum absolute atomic E-state index is 0.0433. The summed E-state index contributed by atoms with van der Waals surface area (Å²) in [6, 6.07) is 14.5. The maximum Gasteiger partial charge on any atom is 0.339 e. The molecule has 0 aromatic heterocycles. The molecule has 0 heterocycles. The number of sulfonamides is 1. The van der Waals surface area contributed by atoms with Crippen LogP contribution in [0.4, 0.5) is 5.69 Å². The summed E-state index contributed by atoms with van der Waals surface area (Å²) in [5, 5.41) is 0.402. The van der Waals surface area contributed by atoms with Gasteiger partial charge in [0, 0.05) is 5.02 Å². The molecule has 10 heteroatoms. The summed E-state index contributed by atoms with van der Waals surface area (Å²) in [7, 11) is -6.44. The number of nitrogens with one attached hydrogen (secondary N) is 1. The summed E-state index contributed by atoms with van der Waals surface area (Å²) < 4.78 is 63.3. The maximum atomic E-state index is 12.7. The van der Waals surface area contributed by atoms with Crippen molar-refractivity contribution in [1.29, 1.82) is 0 Å². The molecule has 0 saturated carbocycles. The lowest BCUT2D eigenvalue weighted by Crippen LogP contribution is -2.15. The van der Waals surface area contributed by atoms with Crippen molar-refractivity contribution in [3.05, 3.63) is 76.8 Å². The molecule has 164 valence electrons. The van der Waals surface area contributed by atoms with Gasteiger partial charge in [0.05, 0.1) is 17.7 Å². The summed E-state index contributed by atoms with van der Waals surface area (Å²) in [5.74, 6) is 0.634. The van der Waals surface area contributed by atoms with Gasteiger partial charge in [0.15, 0.2) is 0 Å². The zero-order valence-electron chi connectivity index (χ0n) is 16.9. The van der Waals surface area contributed by atoms with E-state index in [-0.39, 0.29) is 15.5 Å². The lowest BCUT2D eigenvalue weighted by atomic mass is 10.1. The molecule has 0 unspecified atom stereocenters. The molecule has 31 heavy (non-hydrogen) atoms. The van der Waals surface area contributed by atoms with Gasteiger partial charge in [-0.25, -0.2) is 8.42 Å².